The molecule has 0 unspecified atom stereocenters. The van der Waals surface area contributed by atoms with Crippen molar-refractivity contribution in [2.45, 2.75) is 27.7 Å². The molecule has 0 atom stereocenters. The molecule has 0 bridgehead atoms. The van der Waals surface area contributed by atoms with Gasteiger partial charge >= 0.3 is 0 Å². The lowest BCUT2D eigenvalue weighted by Crippen LogP contribution is -1.97. The number of nitrogens with two attached hydrogens (primary N) is 1. The first-order chi connectivity index (χ1) is 7.91. The molecule has 0 aliphatic heterocycles. The van der Waals surface area contributed by atoms with Crippen molar-refractivity contribution in [3.05, 3.63) is 34.4 Å². The van der Waals surface area contributed by atoms with Crippen molar-refractivity contribution >= 4 is 5.82 Å². The SMILES string of the molecule is Cc1cc(C)c(-c2nn(C)c(N)c2C)cc1C. The lowest BCUT2D eigenvalue weighted by molar-refractivity contribution is 0.782. The molecular formula is C14H19N3. The zero-order valence-electron chi connectivity index (χ0n) is 11.1. The van der Waals surface area contributed by atoms with Gasteiger partial charge in [-0.25, -0.2) is 0 Å². The van der Waals surface area contributed by atoms with Gasteiger partial charge in [-0.15, -0.1) is 0 Å². The first-order valence-electron chi connectivity index (χ1n) is 5.79. The van der Waals surface area contributed by atoms with Crippen LogP contribution in [0.1, 0.15) is 22.3 Å². The molecule has 1 aromatic carbocycles. The smallest absolute Gasteiger partial charge is 0.124 e. The highest BCUT2D eigenvalue weighted by Crippen LogP contribution is 2.30. The molecule has 0 spiro atoms. The molecule has 90 valence electrons. The molecule has 0 radical (unpaired) electrons. The van der Waals surface area contributed by atoms with Crippen LogP contribution in [0, 0.1) is 27.7 Å². The summed E-state index contributed by atoms with van der Waals surface area (Å²) in [5.74, 6) is 0.734. The van der Waals surface area contributed by atoms with E-state index >= 15 is 0 Å². The second kappa shape index (κ2) is 3.91. The van der Waals surface area contributed by atoms with E-state index in [1.54, 1.807) is 4.68 Å². The van der Waals surface area contributed by atoms with Crippen molar-refractivity contribution in [3.8, 4) is 11.3 Å². The number of hydrogen-bond donors (Lipinski definition) is 1. The van der Waals surface area contributed by atoms with Gasteiger partial charge in [-0.1, -0.05) is 6.07 Å². The predicted octanol–water partition coefficient (Wildman–Crippen LogP) is 2.90. The van der Waals surface area contributed by atoms with E-state index in [9.17, 15) is 0 Å². The van der Waals surface area contributed by atoms with Gasteiger partial charge in [0, 0.05) is 18.2 Å². The quantitative estimate of drug-likeness (QED) is 0.817. The van der Waals surface area contributed by atoms with Crippen LogP contribution in [0.3, 0.4) is 0 Å². The Balaban J connectivity index is 2.68. The normalized spacial score (nSPS) is 10.9. The lowest BCUT2D eigenvalue weighted by Gasteiger charge is -2.08. The van der Waals surface area contributed by atoms with Crippen LogP contribution in [0.15, 0.2) is 12.1 Å². The highest BCUT2D eigenvalue weighted by Gasteiger charge is 2.14. The minimum atomic E-state index is 0.734. The lowest BCUT2D eigenvalue weighted by atomic mass is 9.97. The number of rotatable bonds is 1. The van der Waals surface area contributed by atoms with Gasteiger partial charge in [0.05, 0.1) is 5.69 Å². The Bertz CT molecular complexity index is 580. The minimum absolute atomic E-state index is 0.734. The maximum absolute atomic E-state index is 5.96. The van der Waals surface area contributed by atoms with E-state index in [1.165, 1.54) is 22.3 Å². The standard InChI is InChI=1S/C14H19N3/c1-8-6-10(3)12(7-9(8)2)13-11(4)14(15)17(5)16-13/h6-7H,15H2,1-5H3. The summed E-state index contributed by atoms with van der Waals surface area (Å²) in [7, 11) is 1.88. The topological polar surface area (TPSA) is 43.8 Å². The Hall–Kier alpha value is -1.77. The Morgan fingerprint density at radius 1 is 1.00 bits per heavy atom. The van der Waals surface area contributed by atoms with Gasteiger partial charge in [0.25, 0.3) is 0 Å². The van der Waals surface area contributed by atoms with Crippen LogP contribution in [0.2, 0.25) is 0 Å². The zero-order chi connectivity index (χ0) is 12.7. The fourth-order valence-electron chi connectivity index (χ4n) is 2.11. The molecule has 0 saturated carbocycles. The number of anilines is 1. The maximum Gasteiger partial charge on any atom is 0.124 e. The average Bonchev–Trinajstić information content (AvgIpc) is 2.51. The van der Waals surface area contributed by atoms with Crippen LogP contribution in [-0.4, -0.2) is 9.78 Å². The number of nitrogens with zero attached hydrogens (tertiary/aromatic N) is 2. The highest BCUT2D eigenvalue weighted by atomic mass is 15.3. The van der Waals surface area contributed by atoms with Crippen LogP contribution >= 0.6 is 0 Å². The molecule has 17 heavy (non-hydrogen) atoms. The van der Waals surface area contributed by atoms with Gasteiger partial charge < -0.3 is 5.73 Å². The molecule has 0 aliphatic carbocycles. The number of aryl methyl sites for hydroxylation is 4. The summed E-state index contributed by atoms with van der Waals surface area (Å²) in [6.45, 7) is 8.39. The third-order valence-electron chi connectivity index (χ3n) is 3.43. The van der Waals surface area contributed by atoms with E-state index < -0.39 is 0 Å². The number of benzene rings is 1. The Labute approximate surface area is 102 Å². The highest BCUT2D eigenvalue weighted by molar-refractivity contribution is 5.71. The summed E-state index contributed by atoms with van der Waals surface area (Å²) in [5, 5.41) is 4.50. The van der Waals surface area contributed by atoms with Crippen LogP contribution in [0.25, 0.3) is 11.3 Å². The summed E-state index contributed by atoms with van der Waals surface area (Å²) >= 11 is 0. The molecule has 0 fully saturated rings. The van der Waals surface area contributed by atoms with E-state index in [0.29, 0.717) is 0 Å². The predicted molar refractivity (Wildman–Crippen MR) is 72.0 cm³/mol. The van der Waals surface area contributed by atoms with Crippen LogP contribution in [0.4, 0.5) is 5.82 Å². The first-order valence-corrected chi connectivity index (χ1v) is 5.79. The molecule has 3 heteroatoms. The second-order valence-electron chi connectivity index (χ2n) is 4.73. The van der Waals surface area contributed by atoms with E-state index in [-0.39, 0.29) is 0 Å². The van der Waals surface area contributed by atoms with Crippen LogP contribution in [0.5, 0.6) is 0 Å². The van der Waals surface area contributed by atoms with Crippen molar-refractivity contribution in [2.24, 2.45) is 7.05 Å². The largest absolute Gasteiger partial charge is 0.384 e. The second-order valence-corrected chi connectivity index (χ2v) is 4.73. The molecule has 1 aromatic heterocycles. The van der Waals surface area contributed by atoms with Crippen molar-refractivity contribution in [1.82, 2.24) is 9.78 Å². The summed E-state index contributed by atoms with van der Waals surface area (Å²) in [5.41, 5.74) is 13.0. The number of aromatic nitrogens is 2. The fourth-order valence-corrected chi connectivity index (χ4v) is 2.11. The van der Waals surface area contributed by atoms with Crippen molar-refractivity contribution in [3.63, 3.8) is 0 Å². The van der Waals surface area contributed by atoms with E-state index in [4.69, 9.17) is 5.73 Å². The summed E-state index contributed by atoms with van der Waals surface area (Å²) in [4.78, 5) is 0. The fraction of sp³-hybridized carbons (Fsp3) is 0.357. The molecule has 1 heterocycles. The van der Waals surface area contributed by atoms with Crippen LogP contribution < -0.4 is 5.73 Å². The minimum Gasteiger partial charge on any atom is -0.384 e. The third-order valence-corrected chi connectivity index (χ3v) is 3.43. The van der Waals surface area contributed by atoms with Crippen LogP contribution in [-0.2, 0) is 7.05 Å². The van der Waals surface area contributed by atoms with Gasteiger partial charge in [0.15, 0.2) is 0 Å². The zero-order valence-corrected chi connectivity index (χ0v) is 11.1. The summed E-state index contributed by atoms with van der Waals surface area (Å²) < 4.78 is 1.74. The molecule has 3 nitrogen and oxygen atoms in total. The molecule has 2 aromatic rings. The summed E-state index contributed by atoms with van der Waals surface area (Å²) in [6, 6.07) is 4.40. The van der Waals surface area contributed by atoms with Crippen molar-refractivity contribution in [1.29, 1.82) is 0 Å². The van der Waals surface area contributed by atoms with Gasteiger partial charge in [-0.3, -0.25) is 4.68 Å². The first kappa shape index (κ1) is 11.7. The molecule has 2 N–H and O–H groups in total. The third kappa shape index (κ3) is 1.82. The Kier molecular flexibility index (Phi) is 2.69. The Morgan fingerprint density at radius 3 is 2.12 bits per heavy atom. The van der Waals surface area contributed by atoms with E-state index in [0.717, 1.165) is 17.1 Å². The van der Waals surface area contributed by atoms with Gasteiger partial charge in [-0.2, -0.15) is 5.10 Å². The van der Waals surface area contributed by atoms with E-state index in [2.05, 4.69) is 38.0 Å². The molecule has 0 saturated heterocycles. The Morgan fingerprint density at radius 2 is 1.59 bits per heavy atom. The van der Waals surface area contributed by atoms with Crippen molar-refractivity contribution < 1.29 is 0 Å². The molecule has 0 aliphatic rings. The maximum atomic E-state index is 5.96. The van der Waals surface area contributed by atoms with Crippen molar-refractivity contribution in [2.75, 3.05) is 5.73 Å². The average molecular weight is 229 g/mol. The summed E-state index contributed by atoms with van der Waals surface area (Å²) in [6.07, 6.45) is 0. The molecular weight excluding hydrogens is 210 g/mol. The van der Waals surface area contributed by atoms with Gasteiger partial charge in [-0.05, 0) is 50.5 Å². The monoisotopic (exact) mass is 229 g/mol. The molecule has 0 amide bonds. The van der Waals surface area contributed by atoms with Gasteiger partial charge in [0.2, 0.25) is 0 Å². The molecule has 2 rings (SSSR count). The van der Waals surface area contributed by atoms with Gasteiger partial charge in [0.1, 0.15) is 5.82 Å². The number of hydrogen-bond acceptors (Lipinski definition) is 2. The number of nitrogen functional groups attached to an aromatic ring is 1. The van der Waals surface area contributed by atoms with E-state index in [1.807, 2.05) is 14.0 Å².